The van der Waals surface area contributed by atoms with Gasteiger partial charge in [0.1, 0.15) is 5.69 Å². The second-order valence-electron chi connectivity index (χ2n) is 4.01. The Bertz CT molecular complexity index is 724. The van der Waals surface area contributed by atoms with E-state index < -0.39 is 0 Å². The summed E-state index contributed by atoms with van der Waals surface area (Å²) in [5.41, 5.74) is 7.61. The lowest BCUT2D eigenvalue weighted by Crippen LogP contribution is -1.93. The average molecular weight is 269 g/mol. The molecule has 0 amide bonds. The van der Waals surface area contributed by atoms with Crippen LogP contribution in [0.2, 0.25) is 0 Å². The molecule has 0 aliphatic rings. The number of nitrogen functional groups attached to an aromatic ring is 1. The van der Waals surface area contributed by atoms with Gasteiger partial charge in [0.2, 0.25) is 11.7 Å². The molecule has 7 nitrogen and oxygen atoms in total. The van der Waals surface area contributed by atoms with Gasteiger partial charge in [-0.1, -0.05) is 11.2 Å². The molecule has 2 heterocycles. The summed E-state index contributed by atoms with van der Waals surface area (Å²) in [6.07, 6.45) is 0. The first-order chi connectivity index (χ1) is 9.76. The zero-order chi connectivity index (χ0) is 13.9. The van der Waals surface area contributed by atoms with Crippen molar-refractivity contribution in [2.45, 2.75) is 0 Å². The van der Waals surface area contributed by atoms with Crippen LogP contribution in [0.1, 0.15) is 0 Å². The fraction of sp³-hybridized carbons (Fsp3) is 0.0769. The zero-order valence-corrected chi connectivity index (χ0v) is 10.6. The minimum Gasteiger partial charge on any atom is -0.480 e. The molecular weight excluding hydrogens is 258 g/mol. The van der Waals surface area contributed by atoms with Crippen LogP contribution in [0, 0.1) is 0 Å². The number of rotatable bonds is 3. The van der Waals surface area contributed by atoms with Crippen molar-refractivity contribution in [1.82, 2.24) is 20.3 Å². The number of hydrogen-bond acceptors (Lipinski definition) is 7. The molecule has 0 aliphatic carbocycles. The number of benzene rings is 1. The Balaban J connectivity index is 1.93. The molecule has 0 atom stereocenters. The second kappa shape index (κ2) is 4.96. The number of hydrogen-bond donors (Lipinski definition) is 1. The summed E-state index contributed by atoms with van der Waals surface area (Å²) in [7, 11) is 1.52. The number of anilines is 1. The minimum absolute atomic E-state index is 0.359. The van der Waals surface area contributed by atoms with Crippen LogP contribution in [0.15, 0.2) is 40.9 Å². The van der Waals surface area contributed by atoms with Gasteiger partial charge in [-0.25, -0.2) is 0 Å². The van der Waals surface area contributed by atoms with Gasteiger partial charge in [0.05, 0.1) is 7.11 Å². The lowest BCUT2D eigenvalue weighted by atomic mass is 10.2. The summed E-state index contributed by atoms with van der Waals surface area (Å²) in [5.74, 6) is 1.16. The monoisotopic (exact) mass is 269 g/mol. The smallest absolute Gasteiger partial charge is 0.258 e. The summed E-state index contributed by atoms with van der Waals surface area (Å²) in [6, 6.07) is 10.6. The van der Waals surface area contributed by atoms with Gasteiger partial charge >= 0.3 is 0 Å². The summed E-state index contributed by atoms with van der Waals surface area (Å²) in [5, 5.41) is 11.7. The number of nitrogens with zero attached hydrogens (tertiary/aromatic N) is 4. The fourth-order valence-electron chi connectivity index (χ4n) is 1.66. The molecule has 0 aliphatic heterocycles. The average Bonchev–Trinajstić information content (AvgIpc) is 2.97. The van der Waals surface area contributed by atoms with Gasteiger partial charge < -0.3 is 15.0 Å². The van der Waals surface area contributed by atoms with Crippen molar-refractivity contribution in [3.05, 3.63) is 36.4 Å². The molecule has 3 aromatic rings. The third-order valence-corrected chi connectivity index (χ3v) is 2.64. The largest absolute Gasteiger partial charge is 0.480 e. The van der Waals surface area contributed by atoms with Gasteiger partial charge in [0, 0.05) is 17.3 Å². The molecule has 3 rings (SSSR count). The topological polar surface area (TPSA) is 100.0 Å². The predicted molar refractivity (Wildman–Crippen MR) is 71.7 cm³/mol. The molecule has 0 radical (unpaired) electrons. The van der Waals surface area contributed by atoms with Crippen LogP contribution in [-0.4, -0.2) is 27.4 Å². The van der Waals surface area contributed by atoms with Crippen LogP contribution >= 0.6 is 0 Å². The zero-order valence-electron chi connectivity index (χ0n) is 10.6. The lowest BCUT2D eigenvalue weighted by Gasteiger charge is -1.96. The maximum absolute atomic E-state index is 5.72. The van der Waals surface area contributed by atoms with Crippen molar-refractivity contribution in [2.75, 3.05) is 12.8 Å². The van der Waals surface area contributed by atoms with E-state index in [1.807, 2.05) is 12.1 Å². The normalized spacial score (nSPS) is 10.4. The van der Waals surface area contributed by atoms with Crippen molar-refractivity contribution in [3.63, 3.8) is 0 Å². The molecule has 0 spiro atoms. The van der Waals surface area contributed by atoms with Crippen molar-refractivity contribution in [3.8, 4) is 28.9 Å². The first-order valence-corrected chi connectivity index (χ1v) is 5.84. The van der Waals surface area contributed by atoms with E-state index in [1.165, 1.54) is 7.11 Å². The quantitative estimate of drug-likeness (QED) is 0.723. The van der Waals surface area contributed by atoms with E-state index in [9.17, 15) is 0 Å². The van der Waals surface area contributed by atoms with Gasteiger partial charge in [-0.15, -0.1) is 10.2 Å². The highest BCUT2D eigenvalue weighted by Gasteiger charge is 2.12. The molecule has 0 fully saturated rings. The predicted octanol–water partition coefficient (Wildman–Crippen LogP) is 1.78. The first-order valence-electron chi connectivity index (χ1n) is 5.84. The molecule has 20 heavy (non-hydrogen) atoms. The summed E-state index contributed by atoms with van der Waals surface area (Å²) >= 11 is 0. The highest BCUT2D eigenvalue weighted by molar-refractivity contribution is 5.61. The molecule has 7 heteroatoms. The Morgan fingerprint density at radius 1 is 1.15 bits per heavy atom. The third-order valence-electron chi connectivity index (χ3n) is 2.64. The molecule has 1 aromatic carbocycles. The molecule has 0 bridgehead atoms. The molecular formula is C13H11N5O2. The molecule has 2 N–H and O–H groups in total. The van der Waals surface area contributed by atoms with Gasteiger partial charge in [-0.2, -0.15) is 4.98 Å². The molecule has 0 saturated carbocycles. The molecule has 100 valence electrons. The molecule has 0 unspecified atom stereocenters. The first kappa shape index (κ1) is 12.1. The van der Waals surface area contributed by atoms with Crippen molar-refractivity contribution in [2.24, 2.45) is 0 Å². The van der Waals surface area contributed by atoms with Crippen LogP contribution in [0.3, 0.4) is 0 Å². The van der Waals surface area contributed by atoms with Gasteiger partial charge in [-0.05, 0) is 24.3 Å². The van der Waals surface area contributed by atoms with Gasteiger partial charge in [0.25, 0.3) is 5.89 Å². The van der Waals surface area contributed by atoms with Crippen LogP contribution in [0.5, 0.6) is 5.88 Å². The minimum atomic E-state index is 0.359. The summed E-state index contributed by atoms with van der Waals surface area (Å²) < 4.78 is 10.1. The Kier molecular flexibility index (Phi) is 3.00. The highest BCUT2D eigenvalue weighted by Crippen LogP contribution is 2.22. The van der Waals surface area contributed by atoms with Crippen LogP contribution in [0.25, 0.3) is 23.0 Å². The Labute approximate surface area is 114 Å². The molecule has 0 saturated heterocycles. The third kappa shape index (κ3) is 2.28. The van der Waals surface area contributed by atoms with Gasteiger partial charge in [-0.3, -0.25) is 0 Å². The van der Waals surface area contributed by atoms with E-state index in [1.54, 1.807) is 24.3 Å². The Morgan fingerprint density at radius 3 is 2.75 bits per heavy atom. The van der Waals surface area contributed by atoms with Crippen LogP contribution < -0.4 is 10.5 Å². The van der Waals surface area contributed by atoms with E-state index in [2.05, 4.69) is 20.3 Å². The summed E-state index contributed by atoms with van der Waals surface area (Å²) in [6.45, 7) is 0. The lowest BCUT2D eigenvalue weighted by molar-refractivity contribution is 0.392. The number of ether oxygens (including phenoxy) is 1. The highest BCUT2D eigenvalue weighted by atomic mass is 16.5. The number of methoxy groups -OCH3 is 1. The van der Waals surface area contributed by atoms with E-state index in [0.29, 0.717) is 29.0 Å². The van der Waals surface area contributed by atoms with Crippen LogP contribution in [0.4, 0.5) is 5.69 Å². The second-order valence-corrected chi connectivity index (χ2v) is 4.01. The van der Waals surface area contributed by atoms with Crippen molar-refractivity contribution in [1.29, 1.82) is 0 Å². The van der Waals surface area contributed by atoms with E-state index in [0.717, 1.165) is 5.56 Å². The number of aromatic nitrogens is 4. The summed E-state index contributed by atoms with van der Waals surface area (Å²) in [4.78, 5) is 4.27. The SMILES string of the molecule is COc1ccc(-c2noc(-c3cccc(N)c3)n2)nn1. The van der Waals surface area contributed by atoms with E-state index >= 15 is 0 Å². The maximum atomic E-state index is 5.72. The van der Waals surface area contributed by atoms with Crippen molar-refractivity contribution < 1.29 is 9.26 Å². The Hall–Kier alpha value is -2.96. The van der Waals surface area contributed by atoms with Gasteiger partial charge in [0.15, 0.2) is 0 Å². The van der Waals surface area contributed by atoms with Crippen molar-refractivity contribution >= 4 is 5.69 Å². The van der Waals surface area contributed by atoms with E-state index in [4.69, 9.17) is 15.0 Å². The van der Waals surface area contributed by atoms with Crippen LogP contribution in [-0.2, 0) is 0 Å². The van der Waals surface area contributed by atoms with E-state index in [-0.39, 0.29) is 0 Å². The number of nitrogens with two attached hydrogens (primary N) is 1. The fourth-order valence-corrected chi connectivity index (χ4v) is 1.66. The standard InChI is InChI=1S/C13H11N5O2/c1-19-11-6-5-10(16-17-11)12-15-13(20-18-12)8-3-2-4-9(14)7-8/h2-7H,14H2,1H3. The Morgan fingerprint density at radius 2 is 2.05 bits per heavy atom. The maximum Gasteiger partial charge on any atom is 0.258 e. The molecule has 2 aromatic heterocycles.